The van der Waals surface area contributed by atoms with E-state index in [0.29, 0.717) is 11.6 Å². The molecule has 88 valence electrons. The Hall–Kier alpha value is -1.75. The summed E-state index contributed by atoms with van der Waals surface area (Å²) in [5.74, 6) is 1.38. The van der Waals surface area contributed by atoms with Gasteiger partial charge in [-0.2, -0.15) is 0 Å². The molecule has 0 atom stereocenters. The van der Waals surface area contributed by atoms with Crippen molar-refractivity contribution in [2.45, 2.75) is 18.9 Å². The van der Waals surface area contributed by atoms with Gasteiger partial charge in [0.25, 0.3) is 0 Å². The lowest BCUT2D eigenvalue weighted by Gasteiger charge is -2.31. The number of anilines is 1. The molecule has 2 aromatic rings. The van der Waals surface area contributed by atoms with Crippen LogP contribution >= 0.6 is 0 Å². The van der Waals surface area contributed by atoms with Gasteiger partial charge in [-0.15, -0.1) is 0 Å². The van der Waals surface area contributed by atoms with Gasteiger partial charge in [-0.1, -0.05) is 0 Å². The summed E-state index contributed by atoms with van der Waals surface area (Å²) in [6.07, 6.45) is 4.98. The molecule has 0 saturated heterocycles. The van der Waals surface area contributed by atoms with Gasteiger partial charge >= 0.3 is 0 Å². The Kier molecular flexibility index (Phi) is 2.60. The number of fused-ring (bicyclic) bond motifs is 1. The predicted molar refractivity (Wildman–Crippen MR) is 64.6 cm³/mol. The number of aliphatic hydroxyl groups is 1. The fraction of sp³-hybridized carbons (Fsp3) is 0.417. The lowest BCUT2D eigenvalue weighted by Crippen LogP contribution is -2.33. The minimum atomic E-state index is -0.0998. The third-order valence-corrected chi connectivity index (χ3v) is 3.11. The molecule has 1 aliphatic carbocycles. The smallest absolute Gasteiger partial charge is 0.180 e. The molecule has 2 aromatic heterocycles. The van der Waals surface area contributed by atoms with Crippen molar-refractivity contribution in [2.75, 3.05) is 11.9 Å². The highest BCUT2D eigenvalue weighted by Crippen LogP contribution is 2.27. The van der Waals surface area contributed by atoms with Crippen molar-refractivity contribution in [1.29, 1.82) is 0 Å². The Labute approximate surface area is 98.9 Å². The van der Waals surface area contributed by atoms with E-state index in [1.807, 2.05) is 12.1 Å². The summed E-state index contributed by atoms with van der Waals surface area (Å²) >= 11 is 0. The summed E-state index contributed by atoms with van der Waals surface area (Å²) in [6.45, 7) is 0.857. The molecule has 17 heavy (non-hydrogen) atoms. The fourth-order valence-corrected chi connectivity index (χ4v) is 2.07. The molecular formula is C12H14N4O. The van der Waals surface area contributed by atoms with Crippen LogP contribution in [0.3, 0.4) is 0 Å². The number of aromatic nitrogens is 3. The van der Waals surface area contributed by atoms with Gasteiger partial charge in [0.15, 0.2) is 5.65 Å². The molecule has 2 heterocycles. The maximum Gasteiger partial charge on any atom is 0.180 e. The molecule has 5 nitrogen and oxygen atoms in total. The van der Waals surface area contributed by atoms with Gasteiger partial charge in [0.1, 0.15) is 11.3 Å². The molecule has 0 amide bonds. The normalized spacial score (nSPS) is 23.4. The lowest BCUT2D eigenvalue weighted by molar-refractivity contribution is 0.0486. The van der Waals surface area contributed by atoms with Crippen molar-refractivity contribution in [3.63, 3.8) is 0 Å². The first kappa shape index (κ1) is 10.4. The van der Waals surface area contributed by atoms with E-state index in [9.17, 15) is 5.11 Å². The number of hydrogen-bond acceptors (Lipinski definition) is 5. The van der Waals surface area contributed by atoms with Crippen LogP contribution in [0.25, 0.3) is 11.2 Å². The Bertz CT molecular complexity index is 525. The van der Waals surface area contributed by atoms with Gasteiger partial charge in [-0.3, -0.25) is 4.98 Å². The summed E-state index contributed by atoms with van der Waals surface area (Å²) in [5.41, 5.74) is 1.46. The largest absolute Gasteiger partial charge is 0.393 e. The molecule has 5 heteroatoms. The molecule has 0 aliphatic heterocycles. The van der Waals surface area contributed by atoms with E-state index in [-0.39, 0.29) is 6.10 Å². The third-order valence-electron chi connectivity index (χ3n) is 3.11. The van der Waals surface area contributed by atoms with Crippen LogP contribution in [0.4, 0.5) is 5.82 Å². The Balaban J connectivity index is 1.68. The van der Waals surface area contributed by atoms with Crippen LogP contribution in [0.5, 0.6) is 0 Å². The fourth-order valence-electron chi connectivity index (χ4n) is 2.07. The average Bonchev–Trinajstić information content (AvgIpc) is 2.33. The molecule has 0 unspecified atom stereocenters. The number of hydrogen-bond donors (Lipinski definition) is 2. The predicted octanol–water partition coefficient (Wildman–Crippen LogP) is 1.21. The molecule has 1 saturated carbocycles. The van der Waals surface area contributed by atoms with E-state index in [1.54, 1.807) is 12.4 Å². The number of rotatable bonds is 3. The second-order valence-corrected chi connectivity index (χ2v) is 4.47. The average molecular weight is 230 g/mol. The minimum Gasteiger partial charge on any atom is -0.393 e. The van der Waals surface area contributed by atoms with Crippen molar-refractivity contribution in [3.8, 4) is 0 Å². The van der Waals surface area contributed by atoms with E-state index in [4.69, 9.17) is 0 Å². The molecule has 1 fully saturated rings. The lowest BCUT2D eigenvalue weighted by atomic mass is 9.82. The van der Waals surface area contributed by atoms with Crippen LogP contribution in [0.15, 0.2) is 24.5 Å². The van der Waals surface area contributed by atoms with Crippen molar-refractivity contribution < 1.29 is 5.11 Å². The van der Waals surface area contributed by atoms with E-state index in [0.717, 1.165) is 30.7 Å². The second-order valence-electron chi connectivity index (χ2n) is 4.47. The Morgan fingerprint density at radius 2 is 2.06 bits per heavy atom. The van der Waals surface area contributed by atoms with Crippen LogP contribution in [0, 0.1) is 5.92 Å². The first-order valence-corrected chi connectivity index (χ1v) is 5.81. The van der Waals surface area contributed by atoms with Gasteiger partial charge < -0.3 is 10.4 Å². The Morgan fingerprint density at radius 3 is 2.88 bits per heavy atom. The number of aliphatic hydroxyl groups excluding tert-OH is 1. The van der Waals surface area contributed by atoms with Gasteiger partial charge in [-0.25, -0.2) is 9.97 Å². The number of nitrogens with zero attached hydrogens (tertiary/aromatic N) is 3. The zero-order valence-corrected chi connectivity index (χ0v) is 9.37. The van der Waals surface area contributed by atoms with Gasteiger partial charge in [-0.05, 0) is 30.9 Å². The molecular weight excluding hydrogens is 216 g/mol. The van der Waals surface area contributed by atoms with Crippen LogP contribution in [-0.2, 0) is 0 Å². The maximum atomic E-state index is 9.20. The van der Waals surface area contributed by atoms with Crippen LogP contribution < -0.4 is 5.32 Å². The first-order chi connectivity index (χ1) is 8.31. The number of pyridine rings is 1. The highest BCUT2D eigenvalue weighted by atomic mass is 16.3. The van der Waals surface area contributed by atoms with Crippen molar-refractivity contribution in [2.24, 2.45) is 5.92 Å². The monoisotopic (exact) mass is 230 g/mol. The van der Waals surface area contributed by atoms with E-state index < -0.39 is 0 Å². The maximum absolute atomic E-state index is 9.20. The SMILES string of the molecule is OC1CC(CNc2ccc3nccnc3n2)C1. The van der Waals surface area contributed by atoms with Crippen molar-refractivity contribution >= 4 is 17.0 Å². The number of nitrogens with one attached hydrogen (secondary N) is 1. The zero-order chi connectivity index (χ0) is 11.7. The summed E-state index contributed by atoms with van der Waals surface area (Å²) in [6, 6.07) is 3.82. The summed E-state index contributed by atoms with van der Waals surface area (Å²) in [5, 5.41) is 12.5. The standard InChI is InChI=1S/C12H14N4O/c17-9-5-8(6-9)7-15-11-2-1-10-12(16-11)14-4-3-13-10/h1-4,8-9,17H,5-7H2,(H,14,15,16). The summed E-state index contributed by atoms with van der Waals surface area (Å²) < 4.78 is 0. The van der Waals surface area contributed by atoms with E-state index in [1.165, 1.54) is 0 Å². The van der Waals surface area contributed by atoms with Gasteiger partial charge in [0.05, 0.1) is 6.10 Å². The third kappa shape index (κ3) is 2.19. The molecule has 0 aromatic carbocycles. The van der Waals surface area contributed by atoms with E-state index in [2.05, 4.69) is 20.3 Å². The first-order valence-electron chi connectivity index (χ1n) is 5.81. The van der Waals surface area contributed by atoms with Crippen molar-refractivity contribution in [1.82, 2.24) is 15.0 Å². The topological polar surface area (TPSA) is 70.9 Å². The quantitative estimate of drug-likeness (QED) is 0.829. The van der Waals surface area contributed by atoms with Crippen LogP contribution in [0.1, 0.15) is 12.8 Å². The van der Waals surface area contributed by atoms with Gasteiger partial charge in [0, 0.05) is 18.9 Å². The molecule has 2 N–H and O–H groups in total. The molecule has 1 aliphatic rings. The summed E-state index contributed by atoms with van der Waals surface area (Å²) in [4.78, 5) is 12.7. The van der Waals surface area contributed by atoms with Crippen molar-refractivity contribution in [3.05, 3.63) is 24.5 Å². The minimum absolute atomic E-state index is 0.0998. The molecule has 0 bridgehead atoms. The Morgan fingerprint density at radius 1 is 1.24 bits per heavy atom. The second kappa shape index (κ2) is 4.25. The highest BCUT2D eigenvalue weighted by Gasteiger charge is 2.26. The molecule has 0 radical (unpaired) electrons. The summed E-state index contributed by atoms with van der Waals surface area (Å²) in [7, 11) is 0. The van der Waals surface area contributed by atoms with Gasteiger partial charge in [0.2, 0.25) is 0 Å². The molecule has 3 rings (SSSR count). The molecule has 0 spiro atoms. The highest BCUT2D eigenvalue weighted by molar-refractivity contribution is 5.71. The van der Waals surface area contributed by atoms with Crippen LogP contribution in [0.2, 0.25) is 0 Å². The van der Waals surface area contributed by atoms with Crippen LogP contribution in [-0.4, -0.2) is 32.7 Å². The van der Waals surface area contributed by atoms with E-state index >= 15 is 0 Å². The zero-order valence-electron chi connectivity index (χ0n) is 9.37.